The van der Waals surface area contributed by atoms with Crippen LogP contribution in [0.15, 0.2) is 17.5 Å². The van der Waals surface area contributed by atoms with Crippen molar-refractivity contribution in [2.45, 2.75) is 44.7 Å². The summed E-state index contributed by atoms with van der Waals surface area (Å²) in [6.45, 7) is 5.41. The molecule has 1 aliphatic rings. The number of thiophene rings is 1. The number of rotatable bonds is 6. The van der Waals surface area contributed by atoms with Gasteiger partial charge in [-0.15, -0.1) is 11.3 Å². The number of likely N-dealkylation sites (N-methyl/N-ethyl adjacent to an activating group) is 1. The summed E-state index contributed by atoms with van der Waals surface area (Å²) in [5.74, 6) is 0.809. The summed E-state index contributed by atoms with van der Waals surface area (Å²) >= 11 is 1.85. The average molecular weight is 252 g/mol. The van der Waals surface area contributed by atoms with Crippen molar-refractivity contribution in [2.24, 2.45) is 11.7 Å². The van der Waals surface area contributed by atoms with Gasteiger partial charge in [-0.3, -0.25) is 4.90 Å². The monoisotopic (exact) mass is 252 g/mol. The second kappa shape index (κ2) is 5.09. The van der Waals surface area contributed by atoms with E-state index >= 15 is 0 Å². The van der Waals surface area contributed by atoms with Crippen molar-refractivity contribution < 1.29 is 0 Å². The van der Waals surface area contributed by atoms with E-state index in [9.17, 15) is 0 Å². The minimum atomic E-state index is 0.191. The molecule has 1 heterocycles. The van der Waals surface area contributed by atoms with Gasteiger partial charge in [-0.25, -0.2) is 0 Å². The zero-order valence-electron chi connectivity index (χ0n) is 11.1. The molecule has 2 N–H and O–H groups in total. The summed E-state index contributed by atoms with van der Waals surface area (Å²) in [5.41, 5.74) is 6.21. The molecule has 0 aromatic carbocycles. The van der Waals surface area contributed by atoms with Gasteiger partial charge in [0.1, 0.15) is 0 Å². The number of hydrogen-bond acceptors (Lipinski definition) is 3. The summed E-state index contributed by atoms with van der Waals surface area (Å²) in [6, 6.07) is 4.92. The minimum absolute atomic E-state index is 0.191. The van der Waals surface area contributed by atoms with Crippen LogP contribution in [-0.4, -0.2) is 30.1 Å². The molecule has 2 rings (SSSR count). The maximum absolute atomic E-state index is 6.02. The summed E-state index contributed by atoms with van der Waals surface area (Å²) in [7, 11) is 2.24. The molecular weight excluding hydrogens is 228 g/mol. The van der Waals surface area contributed by atoms with Gasteiger partial charge in [0.25, 0.3) is 0 Å². The summed E-state index contributed by atoms with van der Waals surface area (Å²) in [4.78, 5) is 3.98. The van der Waals surface area contributed by atoms with E-state index in [1.165, 1.54) is 17.7 Å². The quantitative estimate of drug-likeness (QED) is 0.843. The Morgan fingerprint density at radius 1 is 1.59 bits per heavy atom. The van der Waals surface area contributed by atoms with E-state index < -0.39 is 0 Å². The molecule has 2 atom stereocenters. The smallest absolute Gasteiger partial charge is 0.0331 e. The van der Waals surface area contributed by atoms with Crippen molar-refractivity contribution in [3.63, 3.8) is 0 Å². The molecule has 0 radical (unpaired) electrons. The second-order valence-corrected chi connectivity index (χ2v) is 6.61. The third-order valence-electron chi connectivity index (χ3n) is 4.41. The molecule has 0 aliphatic heterocycles. The molecule has 96 valence electrons. The maximum Gasteiger partial charge on any atom is 0.0331 e. The van der Waals surface area contributed by atoms with Gasteiger partial charge in [-0.05, 0) is 57.5 Å². The SMILES string of the molecule is CC(Cc1cccs1)N(C)C(C)(CN)C1CC1. The molecule has 1 aromatic heterocycles. The molecule has 0 amide bonds. The first-order chi connectivity index (χ1) is 8.08. The molecule has 1 fully saturated rings. The molecule has 1 saturated carbocycles. The highest BCUT2D eigenvalue weighted by Crippen LogP contribution is 2.42. The Bertz CT molecular complexity index is 345. The first kappa shape index (κ1) is 13.1. The topological polar surface area (TPSA) is 29.3 Å². The first-order valence-corrected chi connectivity index (χ1v) is 7.41. The number of nitrogens with two attached hydrogens (primary N) is 1. The van der Waals surface area contributed by atoms with Crippen LogP contribution in [0.1, 0.15) is 31.6 Å². The Balaban J connectivity index is 2.00. The van der Waals surface area contributed by atoms with Crippen LogP contribution >= 0.6 is 11.3 Å². The fourth-order valence-electron chi connectivity index (χ4n) is 2.66. The third kappa shape index (κ3) is 2.72. The van der Waals surface area contributed by atoms with Gasteiger partial charge in [0.05, 0.1) is 0 Å². The van der Waals surface area contributed by atoms with Gasteiger partial charge < -0.3 is 5.73 Å². The van der Waals surface area contributed by atoms with Crippen LogP contribution in [0.25, 0.3) is 0 Å². The highest BCUT2D eigenvalue weighted by atomic mass is 32.1. The molecule has 17 heavy (non-hydrogen) atoms. The van der Waals surface area contributed by atoms with Crippen LogP contribution in [0.4, 0.5) is 0 Å². The van der Waals surface area contributed by atoms with Crippen LogP contribution in [0.2, 0.25) is 0 Å². The standard InChI is InChI=1S/C14H24N2S/c1-11(9-13-5-4-8-17-13)16(3)14(2,10-15)12-6-7-12/h4-5,8,11-12H,6-7,9-10,15H2,1-3H3. The zero-order valence-corrected chi connectivity index (χ0v) is 12.0. The van der Waals surface area contributed by atoms with Crippen LogP contribution in [-0.2, 0) is 6.42 Å². The lowest BCUT2D eigenvalue weighted by Crippen LogP contribution is -2.55. The normalized spacial score (nSPS) is 21.5. The largest absolute Gasteiger partial charge is 0.329 e. The lowest BCUT2D eigenvalue weighted by Gasteiger charge is -2.42. The van der Waals surface area contributed by atoms with Gasteiger partial charge in [-0.1, -0.05) is 6.07 Å². The van der Waals surface area contributed by atoms with Crippen LogP contribution in [0.5, 0.6) is 0 Å². The van der Waals surface area contributed by atoms with Crippen molar-refractivity contribution in [3.8, 4) is 0 Å². The van der Waals surface area contributed by atoms with Gasteiger partial charge >= 0.3 is 0 Å². The second-order valence-electron chi connectivity index (χ2n) is 5.58. The Morgan fingerprint density at radius 3 is 2.76 bits per heavy atom. The van der Waals surface area contributed by atoms with E-state index in [0.717, 1.165) is 18.9 Å². The van der Waals surface area contributed by atoms with Crippen molar-refractivity contribution >= 4 is 11.3 Å². The van der Waals surface area contributed by atoms with Gasteiger partial charge in [-0.2, -0.15) is 0 Å². The Labute approximate surface area is 109 Å². The molecular formula is C14H24N2S. The van der Waals surface area contributed by atoms with E-state index in [0.29, 0.717) is 6.04 Å². The summed E-state index contributed by atoms with van der Waals surface area (Å²) < 4.78 is 0. The van der Waals surface area contributed by atoms with Crippen molar-refractivity contribution in [3.05, 3.63) is 22.4 Å². The van der Waals surface area contributed by atoms with Crippen molar-refractivity contribution in [2.75, 3.05) is 13.6 Å². The molecule has 1 aliphatic carbocycles. The van der Waals surface area contributed by atoms with Crippen LogP contribution in [0, 0.1) is 5.92 Å². The van der Waals surface area contributed by atoms with Crippen molar-refractivity contribution in [1.82, 2.24) is 4.90 Å². The van der Waals surface area contributed by atoms with E-state index in [1.54, 1.807) is 0 Å². The fraction of sp³-hybridized carbons (Fsp3) is 0.714. The lowest BCUT2D eigenvalue weighted by molar-refractivity contribution is 0.0805. The van der Waals surface area contributed by atoms with Crippen LogP contribution < -0.4 is 5.73 Å². The molecule has 2 nitrogen and oxygen atoms in total. The molecule has 0 saturated heterocycles. The van der Waals surface area contributed by atoms with Crippen molar-refractivity contribution in [1.29, 1.82) is 0 Å². The Kier molecular flexibility index (Phi) is 3.91. The predicted octanol–water partition coefficient (Wildman–Crippen LogP) is 2.74. The van der Waals surface area contributed by atoms with E-state index in [1.807, 2.05) is 11.3 Å². The Morgan fingerprint density at radius 2 is 2.29 bits per heavy atom. The molecule has 3 heteroatoms. The average Bonchev–Trinajstić information content (AvgIpc) is 3.07. The van der Waals surface area contributed by atoms with Gasteiger partial charge in [0.2, 0.25) is 0 Å². The fourth-order valence-corrected chi connectivity index (χ4v) is 3.49. The minimum Gasteiger partial charge on any atom is -0.329 e. The van der Waals surface area contributed by atoms with Gasteiger partial charge in [0, 0.05) is 23.0 Å². The van der Waals surface area contributed by atoms with Gasteiger partial charge in [0.15, 0.2) is 0 Å². The highest BCUT2D eigenvalue weighted by Gasteiger charge is 2.44. The molecule has 0 bridgehead atoms. The van der Waals surface area contributed by atoms with Crippen LogP contribution in [0.3, 0.4) is 0 Å². The van der Waals surface area contributed by atoms with E-state index in [4.69, 9.17) is 5.73 Å². The molecule has 1 aromatic rings. The lowest BCUT2D eigenvalue weighted by atomic mass is 9.92. The third-order valence-corrected chi connectivity index (χ3v) is 5.31. The molecule has 2 unspecified atom stereocenters. The Hall–Kier alpha value is -0.380. The number of nitrogens with zero attached hydrogens (tertiary/aromatic N) is 1. The van der Waals surface area contributed by atoms with E-state index in [-0.39, 0.29) is 5.54 Å². The maximum atomic E-state index is 6.02. The first-order valence-electron chi connectivity index (χ1n) is 6.53. The predicted molar refractivity (Wildman–Crippen MR) is 75.4 cm³/mol. The zero-order chi connectivity index (χ0) is 12.5. The molecule has 0 spiro atoms. The number of hydrogen-bond donors (Lipinski definition) is 1. The summed E-state index contributed by atoms with van der Waals surface area (Å²) in [6.07, 6.45) is 3.84. The van der Waals surface area contributed by atoms with E-state index in [2.05, 4.69) is 43.3 Å². The summed E-state index contributed by atoms with van der Waals surface area (Å²) in [5, 5.41) is 2.16. The highest BCUT2D eigenvalue weighted by molar-refractivity contribution is 7.09.